The number of carbonyl (C=O) groups is 2. The normalized spacial score (nSPS) is 16.5. The lowest BCUT2D eigenvalue weighted by Crippen LogP contribution is -2.41. The number of halogens is 2. The molecule has 1 amide bonds. The van der Waals surface area contributed by atoms with Crippen LogP contribution in [0.15, 0.2) is 54.7 Å². The van der Waals surface area contributed by atoms with Gasteiger partial charge >= 0.3 is 0 Å². The van der Waals surface area contributed by atoms with E-state index < -0.39 is 0 Å². The van der Waals surface area contributed by atoms with Crippen molar-refractivity contribution < 1.29 is 19.1 Å². The van der Waals surface area contributed by atoms with Crippen molar-refractivity contribution in [2.75, 3.05) is 27.3 Å². The molecule has 1 N–H and O–H groups in total. The van der Waals surface area contributed by atoms with Crippen molar-refractivity contribution in [2.45, 2.75) is 31.8 Å². The van der Waals surface area contributed by atoms with E-state index in [1.165, 1.54) is 12.7 Å². The van der Waals surface area contributed by atoms with Gasteiger partial charge in [0.05, 0.1) is 41.2 Å². The van der Waals surface area contributed by atoms with E-state index in [1.54, 1.807) is 25.4 Å². The van der Waals surface area contributed by atoms with Crippen molar-refractivity contribution in [3.8, 4) is 45.3 Å². The van der Waals surface area contributed by atoms with Crippen molar-refractivity contribution in [3.63, 3.8) is 0 Å². The summed E-state index contributed by atoms with van der Waals surface area (Å²) in [5.74, 6) is 1.15. The molecule has 4 heterocycles. The van der Waals surface area contributed by atoms with E-state index in [0.717, 1.165) is 60.5 Å². The van der Waals surface area contributed by atoms with E-state index in [4.69, 9.17) is 32.7 Å². The summed E-state index contributed by atoms with van der Waals surface area (Å²) in [7, 11) is 3.15. The summed E-state index contributed by atoms with van der Waals surface area (Å²) in [6.07, 6.45) is 4.76. The molecule has 0 saturated carbocycles. The molecule has 2 aliphatic rings. The zero-order chi connectivity index (χ0) is 30.1. The maximum atomic E-state index is 11.7. The topological polar surface area (TPSA) is 93.7 Å². The Morgan fingerprint density at radius 3 is 2.58 bits per heavy atom. The highest BCUT2D eigenvalue weighted by Gasteiger charge is 2.27. The number of hydrogen-bond donors (Lipinski definition) is 1. The molecule has 2 aromatic heterocycles. The largest absolute Gasteiger partial charge is 0.496 e. The number of rotatable bonds is 8. The van der Waals surface area contributed by atoms with Gasteiger partial charge in [0.15, 0.2) is 6.29 Å². The quantitative estimate of drug-likeness (QED) is 0.234. The Balaban J connectivity index is 1.33. The number of carbonyl (C=O) groups excluding carboxylic acids is 2. The van der Waals surface area contributed by atoms with Gasteiger partial charge in [-0.15, -0.1) is 0 Å². The summed E-state index contributed by atoms with van der Waals surface area (Å²) in [5.41, 5.74) is 6.91. The standard InChI is InChI=1S/C33H30Cl2N4O4/c1-42-28-15-21(14-19-11-13-39(17-26(19)28)16-22-7-9-29(41)37-22)32-31(35)24(10-12-36-32)23-4-3-5-25(30(23)34)27-8-6-20(18-40)33(38-27)43-2/h3-6,8,10,12,14-15,18,22H,7,9,11,13,16-17H2,1-2H3,(H,37,41). The summed E-state index contributed by atoms with van der Waals surface area (Å²) in [4.78, 5) is 34.5. The minimum atomic E-state index is 0.134. The highest BCUT2D eigenvalue weighted by molar-refractivity contribution is 6.39. The number of aromatic nitrogens is 2. The van der Waals surface area contributed by atoms with Crippen LogP contribution >= 0.6 is 23.2 Å². The smallest absolute Gasteiger partial charge is 0.224 e. The maximum Gasteiger partial charge on any atom is 0.224 e. The lowest BCUT2D eigenvalue weighted by molar-refractivity contribution is -0.119. The Hall–Kier alpha value is -3.98. The van der Waals surface area contributed by atoms with E-state index in [0.29, 0.717) is 45.3 Å². The highest BCUT2D eigenvalue weighted by Crippen LogP contribution is 2.43. The molecule has 4 aromatic rings. The molecule has 8 nitrogen and oxygen atoms in total. The van der Waals surface area contributed by atoms with Crippen molar-refractivity contribution in [1.29, 1.82) is 0 Å². The first-order chi connectivity index (χ1) is 20.9. The zero-order valence-corrected chi connectivity index (χ0v) is 25.3. The van der Waals surface area contributed by atoms with Crippen LogP contribution in [0.5, 0.6) is 11.6 Å². The van der Waals surface area contributed by atoms with Crippen LogP contribution in [-0.4, -0.2) is 60.4 Å². The van der Waals surface area contributed by atoms with Crippen LogP contribution in [-0.2, 0) is 17.8 Å². The van der Waals surface area contributed by atoms with Gasteiger partial charge in [0.2, 0.25) is 11.8 Å². The number of benzene rings is 2. The molecule has 0 aliphatic carbocycles. The van der Waals surface area contributed by atoms with Crippen LogP contribution in [0, 0.1) is 0 Å². The lowest BCUT2D eigenvalue weighted by Gasteiger charge is -2.32. The van der Waals surface area contributed by atoms with Gasteiger partial charge in [-0.25, -0.2) is 4.98 Å². The van der Waals surface area contributed by atoms with Crippen molar-refractivity contribution >= 4 is 35.4 Å². The summed E-state index contributed by atoms with van der Waals surface area (Å²) < 4.78 is 11.1. The molecule has 1 atom stereocenters. The van der Waals surface area contributed by atoms with Gasteiger partial charge in [0, 0.05) is 66.1 Å². The van der Waals surface area contributed by atoms with Crippen LogP contribution in [0.1, 0.15) is 34.3 Å². The van der Waals surface area contributed by atoms with Gasteiger partial charge in [-0.2, -0.15) is 0 Å². The van der Waals surface area contributed by atoms with Gasteiger partial charge in [-0.3, -0.25) is 19.5 Å². The van der Waals surface area contributed by atoms with Crippen molar-refractivity contribution in [3.05, 3.63) is 81.5 Å². The first-order valence-corrected chi connectivity index (χ1v) is 14.8. The van der Waals surface area contributed by atoms with Gasteiger partial charge in [-0.1, -0.05) is 41.4 Å². The number of hydrogen-bond acceptors (Lipinski definition) is 7. The molecule has 1 unspecified atom stereocenters. The summed E-state index contributed by atoms with van der Waals surface area (Å²) in [6.45, 7) is 2.47. The first-order valence-electron chi connectivity index (χ1n) is 14.1. The van der Waals surface area contributed by atoms with Crippen LogP contribution in [0.25, 0.3) is 33.6 Å². The molecule has 0 spiro atoms. The molecule has 6 rings (SSSR count). The zero-order valence-electron chi connectivity index (χ0n) is 23.8. The van der Waals surface area contributed by atoms with Crippen LogP contribution in [0.3, 0.4) is 0 Å². The number of ether oxygens (including phenoxy) is 2. The number of pyridine rings is 2. The number of aldehydes is 1. The Morgan fingerprint density at radius 1 is 1.02 bits per heavy atom. The summed E-state index contributed by atoms with van der Waals surface area (Å²) >= 11 is 14.0. The predicted molar refractivity (Wildman–Crippen MR) is 167 cm³/mol. The van der Waals surface area contributed by atoms with Gasteiger partial charge < -0.3 is 14.8 Å². The Labute approximate surface area is 260 Å². The summed E-state index contributed by atoms with van der Waals surface area (Å²) in [5, 5.41) is 4.01. The fraction of sp³-hybridized carbons (Fsp3) is 0.273. The number of fused-ring (bicyclic) bond motifs is 1. The second kappa shape index (κ2) is 12.3. The van der Waals surface area contributed by atoms with Crippen LogP contribution in [0.2, 0.25) is 10.0 Å². The van der Waals surface area contributed by atoms with Crippen molar-refractivity contribution in [1.82, 2.24) is 20.2 Å². The molecule has 1 fully saturated rings. The molecule has 2 aromatic carbocycles. The average Bonchev–Trinajstić information content (AvgIpc) is 3.44. The fourth-order valence-electron chi connectivity index (χ4n) is 5.93. The number of nitrogens with zero attached hydrogens (tertiary/aromatic N) is 3. The Bertz CT molecular complexity index is 1710. The van der Waals surface area contributed by atoms with E-state index in [1.807, 2.05) is 30.3 Å². The SMILES string of the molecule is COc1cc(-c2nccc(-c3cccc(-c4ccc(C=O)c(OC)n4)c3Cl)c2Cl)cc2c1CN(CC1CCC(=O)N1)CC2. The molecule has 10 heteroatoms. The Morgan fingerprint density at radius 2 is 1.84 bits per heavy atom. The highest BCUT2D eigenvalue weighted by atomic mass is 35.5. The molecular weight excluding hydrogens is 587 g/mol. The monoisotopic (exact) mass is 616 g/mol. The van der Waals surface area contributed by atoms with Crippen LogP contribution < -0.4 is 14.8 Å². The first kappa shape index (κ1) is 29.1. The number of nitrogens with one attached hydrogen (secondary N) is 1. The molecule has 43 heavy (non-hydrogen) atoms. The molecule has 0 bridgehead atoms. The third-order valence-corrected chi connectivity index (χ3v) is 8.89. The molecule has 2 aliphatic heterocycles. The number of amides is 1. The van der Waals surface area contributed by atoms with Gasteiger partial charge in [0.25, 0.3) is 0 Å². The van der Waals surface area contributed by atoms with Crippen molar-refractivity contribution in [2.24, 2.45) is 0 Å². The molecular formula is C33H30Cl2N4O4. The number of methoxy groups -OCH3 is 2. The van der Waals surface area contributed by atoms with E-state index >= 15 is 0 Å². The van der Waals surface area contributed by atoms with Crippen LogP contribution in [0.4, 0.5) is 0 Å². The minimum Gasteiger partial charge on any atom is -0.496 e. The third-order valence-electron chi connectivity index (χ3n) is 8.10. The molecule has 220 valence electrons. The molecule has 0 radical (unpaired) electrons. The second-order valence-electron chi connectivity index (χ2n) is 10.7. The van der Waals surface area contributed by atoms with E-state index in [-0.39, 0.29) is 17.8 Å². The third kappa shape index (κ3) is 5.70. The predicted octanol–water partition coefficient (Wildman–Crippen LogP) is 6.25. The molecule has 1 saturated heterocycles. The van der Waals surface area contributed by atoms with E-state index in [9.17, 15) is 9.59 Å². The average molecular weight is 618 g/mol. The maximum absolute atomic E-state index is 11.7. The Kier molecular flexibility index (Phi) is 8.34. The second-order valence-corrected chi connectivity index (χ2v) is 11.5. The van der Waals surface area contributed by atoms with Gasteiger partial charge in [0.1, 0.15) is 5.75 Å². The van der Waals surface area contributed by atoms with E-state index in [2.05, 4.69) is 26.3 Å². The lowest BCUT2D eigenvalue weighted by atomic mass is 9.93. The minimum absolute atomic E-state index is 0.134. The van der Waals surface area contributed by atoms with Gasteiger partial charge in [-0.05, 0) is 48.7 Å². The fourth-order valence-corrected chi connectivity index (χ4v) is 6.58. The summed E-state index contributed by atoms with van der Waals surface area (Å²) in [6, 6.07) is 15.2.